The highest BCUT2D eigenvalue weighted by Crippen LogP contribution is 2.30. The van der Waals surface area contributed by atoms with Crippen LogP contribution in [-0.2, 0) is 4.74 Å². The predicted octanol–water partition coefficient (Wildman–Crippen LogP) is 2.13. The van der Waals surface area contributed by atoms with E-state index in [2.05, 4.69) is 24.1 Å². The number of thiazole rings is 1. The molecule has 0 spiro atoms. The second-order valence-electron chi connectivity index (χ2n) is 5.56. The van der Waals surface area contributed by atoms with Crippen molar-refractivity contribution in [2.45, 2.75) is 45.3 Å². The molecule has 0 aromatic carbocycles. The van der Waals surface area contributed by atoms with Gasteiger partial charge in [-0.05, 0) is 25.2 Å². The number of hydrogen-bond donors (Lipinski definition) is 2. The van der Waals surface area contributed by atoms with Gasteiger partial charge in [0.25, 0.3) is 5.91 Å². The van der Waals surface area contributed by atoms with E-state index in [-0.39, 0.29) is 24.7 Å². The molecule has 5 nitrogen and oxygen atoms in total. The molecule has 0 saturated carbocycles. The molecule has 20 heavy (non-hydrogen) atoms. The van der Waals surface area contributed by atoms with Crippen molar-refractivity contribution in [1.29, 1.82) is 0 Å². The summed E-state index contributed by atoms with van der Waals surface area (Å²) in [5.74, 6) is 0.204. The molecular formula is C14H22N2O3S. The summed E-state index contributed by atoms with van der Waals surface area (Å²) in [6.07, 6.45) is 2.82. The third kappa shape index (κ3) is 4.01. The maximum absolute atomic E-state index is 12.1. The van der Waals surface area contributed by atoms with E-state index >= 15 is 0 Å². The molecular weight excluding hydrogens is 276 g/mol. The van der Waals surface area contributed by atoms with Gasteiger partial charge in [0.05, 0.1) is 12.6 Å². The van der Waals surface area contributed by atoms with Gasteiger partial charge in [0.2, 0.25) is 0 Å². The fourth-order valence-electron chi connectivity index (χ4n) is 2.32. The fourth-order valence-corrected chi connectivity index (χ4v) is 3.20. The van der Waals surface area contributed by atoms with Gasteiger partial charge in [-0.25, -0.2) is 4.98 Å². The van der Waals surface area contributed by atoms with Gasteiger partial charge in [-0.15, -0.1) is 11.3 Å². The Kier molecular flexibility index (Phi) is 5.51. The van der Waals surface area contributed by atoms with Crippen molar-refractivity contribution < 1.29 is 14.6 Å². The van der Waals surface area contributed by atoms with Gasteiger partial charge in [-0.2, -0.15) is 0 Å². The average molecular weight is 298 g/mol. The summed E-state index contributed by atoms with van der Waals surface area (Å²) in [6.45, 7) is 4.85. The summed E-state index contributed by atoms with van der Waals surface area (Å²) in [6, 6.07) is -0.213. The predicted molar refractivity (Wildman–Crippen MR) is 77.8 cm³/mol. The minimum Gasteiger partial charge on any atom is -0.394 e. The molecule has 0 aliphatic carbocycles. The summed E-state index contributed by atoms with van der Waals surface area (Å²) < 4.78 is 5.56. The Morgan fingerprint density at radius 3 is 3.05 bits per heavy atom. The van der Waals surface area contributed by atoms with Crippen LogP contribution >= 0.6 is 11.3 Å². The maximum atomic E-state index is 12.1. The summed E-state index contributed by atoms with van der Waals surface area (Å²) in [4.78, 5) is 16.5. The minimum absolute atomic E-state index is 0.0471. The monoisotopic (exact) mass is 298 g/mol. The Morgan fingerprint density at radius 2 is 2.45 bits per heavy atom. The van der Waals surface area contributed by atoms with Gasteiger partial charge in [0.1, 0.15) is 16.8 Å². The molecule has 112 valence electrons. The quantitative estimate of drug-likeness (QED) is 0.844. The number of rotatable bonds is 6. The summed E-state index contributed by atoms with van der Waals surface area (Å²) in [7, 11) is 0. The molecule has 1 aromatic rings. The molecule has 1 fully saturated rings. The second kappa shape index (κ2) is 7.15. The Hall–Kier alpha value is -0.980. The van der Waals surface area contributed by atoms with Gasteiger partial charge in [-0.3, -0.25) is 4.79 Å². The van der Waals surface area contributed by atoms with E-state index in [1.807, 2.05) is 0 Å². The van der Waals surface area contributed by atoms with E-state index in [0.717, 1.165) is 30.9 Å². The van der Waals surface area contributed by atoms with Crippen LogP contribution in [0.3, 0.4) is 0 Å². The normalized spacial score (nSPS) is 20.3. The standard InChI is InChI=1S/C14H22N2O3S/c1-9(2)6-10(7-17)15-13(18)11-8-20-14(16-11)12-4-3-5-19-12/h8-10,12,17H,3-7H2,1-2H3,(H,15,18)/t10-,12-/m1/s1. The number of nitrogens with zero attached hydrogens (tertiary/aromatic N) is 1. The van der Waals surface area contributed by atoms with Crippen LogP contribution in [0, 0.1) is 5.92 Å². The lowest BCUT2D eigenvalue weighted by atomic mass is 10.0. The lowest BCUT2D eigenvalue weighted by Crippen LogP contribution is -2.38. The summed E-state index contributed by atoms with van der Waals surface area (Å²) in [5, 5.41) is 14.8. The number of ether oxygens (including phenoxy) is 1. The molecule has 0 bridgehead atoms. The van der Waals surface area contributed by atoms with E-state index in [4.69, 9.17) is 4.74 Å². The van der Waals surface area contributed by atoms with Crippen molar-refractivity contribution in [2.24, 2.45) is 5.92 Å². The summed E-state index contributed by atoms with van der Waals surface area (Å²) >= 11 is 1.46. The molecule has 2 N–H and O–H groups in total. The summed E-state index contributed by atoms with van der Waals surface area (Å²) in [5.41, 5.74) is 0.419. The molecule has 2 heterocycles. The highest BCUT2D eigenvalue weighted by atomic mass is 32.1. The van der Waals surface area contributed by atoms with Gasteiger partial charge < -0.3 is 15.2 Å². The molecule has 1 aromatic heterocycles. The van der Waals surface area contributed by atoms with Gasteiger partial charge in [-0.1, -0.05) is 13.8 Å². The van der Waals surface area contributed by atoms with E-state index in [1.54, 1.807) is 5.38 Å². The first-order valence-corrected chi connectivity index (χ1v) is 7.97. The zero-order valence-corrected chi connectivity index (χ0v) is 12.8. The Labute approximate surface area is 123 Å². The second-order valence-corrected chi connectivity index (χ2v) is 6.44. The molecule has 2 rings (SSSR count). The van der Waals surface area contributed by atoms with Crippen molar-refractivity contribution in [3.63, 3.8) is 0 Å². The smallest absolute Gasteiger partial charge is 0.271 e. The SMILES string of the molecule is CC(C)C[C@H](CO)NC(=O)c1csc([C@H]2CCCO2)n1. The van der Waals surface area contributed by atoms with E-state index in [1.165, 1.54) is 11.3 Å². The van der Waals surface area contributed by atoms with Gasteiger partial charge in [0, 0.05) is 12.0 Å². The Morgan fingerprint density at radius 1 is 1.65 bits per heavy atom. The van der Waals surface area contributed by atoms with Crippen LogP contribution in [-0.4, -0.2) is 35.3 Å². The van der Waals surface area contributed by atoms with E-state index < -0.39 is 0 Å². The van der Waals surface area contributed by atoms with Crippen molar-refractivity contribution in [3.05, 3.63) is 16.1 Å². The zero-order valence-electron chi connectivity index (χ0n) is 12.0. The van der Waals surface area contributed by atoms with Crippen LogP contribution in [0.4, 0.5) is 0 Å². The number of aromatic nitrogens is 1. The molecule has 1 saturated heterocycles. The molecule has 1 aliphatic rings. The van der Waals surface area contributed by atoms with Crippen LogP contribution in [0.15, 0.2) is 5.38 Å². The topological polar surface area (TPSA) is 71.5 Å². The van der Waals surface area contributed by atoms with Crippen molar-refractivity contribution in [1.82, 2.24) is 10.3 Å². The lowest BCUT2D eigenvalue weighted by molar-refractivity contribution is 0.0901. The molecule has 1 amide bonds. The number of carbonyl (C=O) groups is 1. The molecule has 6 heteroatoms. The molecule has 2 atom stereocenters. The first-order chi connectivity index (χ1) is 9.60. The van der Waals surface area contributed by atoms with Crippen LogP contribution < -0.4 is 5.32 Å². The first-order valence-electron chi connectivity index (χ1n) is 7.09. The van der Waals surface area contributed by atoms with Crippen LogP contribution in [0.25, 0.3) is 0 Å². The van der Waals surface area contributed by atoms with Gasteiger partial charge in [0.15, 0.2) is 0 Å². The third-order valence-corrected chi connectivity index (χ3v) is 4.21. The van der Waals surface area contributed by atoms with Crippen molar-refractivity contribution in [3.8, 4) is 0 Å². The van der Waals surface area contributed by atoms with Crippen LogP contribution in [0.1, 0.15) is 54.7 Å². The molecule has 1 aliphatic heterocycles. The van der Waals surface area contributed by atoms with Gasteiger partial charge >= 0.3 is 0 Å². The number of aliphatic hydroxyl groups excluding tert-OH is 1. The highest BCUT2D eigenvalue weighted by molar-refractivity contribution is 7.09. The Balaban J connectivity index is 1.94. The fraction of sp³-hybridized carbons (Fsp3) is 0.714. The molecule has 0 unspecified atom stereocenters. The number of hydrogen-bond acceptors (Lipinski definition) is 5. The molecule has 0 radical (unpaired) electrons. The maximum Gasteiger partial charge on any atom is 0.271 e. The van der Waals surface area contributed by atoms with Crippen molar-refractivity contribution in [2.75, 3.05) is 13.2 Å². The zero-order chi connectivity index (χ0) is 14.5. The lowest BCUT2D eigenvalue weighted by Gasteiger charge is -2.17. The number of aliphatic hydroxyl groups is 1. The van der Waals surface area contributed by atoms with Crippen LogP contribution in [0.2, 0.25) is 0 Å². The largest absolute Gasteiger partial charge is 0.394 e. The van der Waals surface area contributed by atoms with E-state index in [0.29, 0.717) is 11.6 Å². The highest BCUT2D eigenvalue weighted by Gasteiger charge is 2.23. The van der Waals surface area contributed by atoms with E-state index in [9.17, 15) is 9.90 Å². The van der Waals surface area contributed by atoms with Crippen LogP contribution in [0.5, 0.6) is 0 Å². The Bertz CT molecular complexity index is 441. The number of carbonyl (C=O) groups excluding carboxylic acids is 1. The number of amides is 1. The number of nitrogens with one attached hydrogen (secondary N) is 1. The minimum atomic E-state index is -0.217. The third-order valence-electron chi connectivity index (χ3n) is 3.27. The average Bonchev–Trinajstić information content (AvgIpc) is 3.07. The van der Waals surface area contributed by atoms with Crippen molar-refractivity contribution >= 4 is 17.2 Å². The first kappa shape index (κ1) is 15.4.